The van der Waals surface area contributed by atoms with E-state index >= 15 is 0 Å². The molecule has 1 atom stereocenters. The Morgan fingerprint density at radius 3 is 3.12 bits per heavy atom. The van der Waals surface area contributed by atoms with Crippen molar-refractivity contribution in [2.24, 2.45) is 0 Å². The van der Waals surface area contributed by atoms with Gasteiger partial charge < -0.3 is 14.6 Å². The second-order valence-corrected chi connectivity index (χ2v) is 3.78. The lowest BCUT2D eigenvalue weighted by Crippen LogP contribution is -2.15. The van der Waals surface area contributed by atoms with Crippen LogP contribution >= 0.6 is 0 Å². The van der Waals surface area contributed by atoms with Gasteiger partial charge in [0.05, 0.1) is 13.2 Å². The standard InChI is InChI=1S/C12H14FNO3/c1-2-16-12(14)10(15)9-6-8(13)5-7-3-4-17-11(7)9/h5-6,10,14-15H,2-4H2,1H3. The summed E-state index contributed by atoms with van der Waals surface area (Å²) in [5.74, 6) is -0.258. The van der Waals surface area contributed by atoms with Crippen LogP contribution in [0.2, 0.25) is 0 Å². The number of rotatable bonds is 3. The van der Waals surface area contributed by atoms with Crippen LogP contribution < -0.4 is 4.74 Å². The van der Waals surface area contributed by atoms with E-state index < -0.39 is 11.9 Å². The van der Waals surface area contributed by atoms with Gasteiger partial charge in [-0.1, -0.05) is 0 Å². The number of halogens is 1. The lowest BCUT2D eigenvalue weighted by atomic mass is 10.0. The van der Waals surface area contributed by atoms with Crippen molar-refractivity contribution in [2.75, 3.05) is 13.2 Å². The van der Waals surface area contributed by atoms with Crippen molar-refractivity contribution in [2.45, 2.75) is 19.4 Å². The minimum atomic E-state index is -1.28. The SMILES string of the molecule is CCOC(=N)C(O)c1cc(F)cc2c1OCC2. The molecular weight excluding hydrogens is 225 g/mol. The normalized spacial score (nSPS) is 15.0. The van der Waals surface area contributed by atoms with Crippen molar-refractivity contribution in [1.29, 1.82) is 5.41 Å². The van der Waals surface area contributed by atoms with E-state index in [1.54, 1.807) is 6.92 Å². The predicted molar refractivity (Wildman–Crippen MR) is 59.9 cm³/mol. The molecule has 1 aromatic rings. The Hall–Kier alpha value is -1.62. The number of hydrogen-bond acceptors (Lipinski definition) is 4. The molecule has 0 aliphatic carbocycles. The second kappa shape index (κ2) is 4.71. The molecule has 2 N–H and O–H groups in total. The first-order valence-electron chi connectivity index (χ1n) is 5.48. The smallest absolute Gasteiger partial charge is 0.215 e. The summed E-state index contributed by atoms with van der Waals surface area (Å²) >= 11 is 0. The van der Waals surface area contributed by atoms with Gasteiger partial charge >= 0.3 is 0 Å². The van der Waals surface area contributed by atoms with Crippen LogP contribution in [0.5, 0.6) is 5.75 Å². The Morgan fingerprint density at radius 1 is 1.65 bits per heavy atom. The summed E-state index contributed by atoms with van der Waals surface area (Å²) in [7, 11) is 0. The summed E-state index contributed by atoms with van der Waals surface area (Å²) in [6.07, 6.45) is -0.660. The monoisotopic (exact) mass is 239 g/mol. The molecule has 1 heterocycles. The Kier molecular flexibility index (Phi) is 3.28. The van der Waals surface area contributed by atoms with Crippen molar-refractivity contribution < 1.29 is 19.0 Å². The number of nitrogens with one attached hydrogen (secondary N) is 1. The van der Waals surface area contributed by atoms with Gasteiger partial charge in [-0.15, -0.1) is 0 Å². The molecule has 0 saturated carbocycles. The van der Waals surface area contributed by atoms with E-state index in [0.29, 0.717) is 18.8 Å². The van der Waals surface area contributed by atoms with Gasteiger partial charge in [-0.3, -0.25) is 5.41 Å². The van der Waals surface area contributed by atoms with Gasteiger partial charge in [0.15, 0.2) is 6.10 Å². The molecular formula is C12H14FNO3. The summed E-state index contributed by atoms with van der Waals surface area (Å²) in [5.41, 5.74) is 0.985. The first kappa shape index (κ1) is 11.9. The van der Waals surface area contributed by atoms with E-state index in [-0.39, 0.29) is 18.1 Å². The highest BCUT2D eigenvalue weighted by Gasteiger charge is 2.25. The Balaban J connectivity index is 2.35. The van der Waals surface area contributed by atoms with Crippen LogP contribution in [0.1, 0.15) is 24.2 Å². The average molecular weight is 239 g/mol. The number of fused-ring (bicyclic) bond motifs is 1. The predicted octanol–water partition coefficient (Wildman–Crippen LogP) is 1.81. The van der Waals surface area contributed by atoms with Crippen molar-refractivity contribution in [1.82, 2.24) is 0 Å². The molecule has 17 heavy (non-hydrogen) atoms. The van der Waals surface area contributed by atoms with Crippen molar-refractivity contribution in [3.05, 3.63) is 29.1 Å². The van der Waals surface area contributed by atoms with Gasteiger partial charge in [-0.05, 0) is 19.1 Å². The highest BCUT2D eigenvalue weighted by Crippen LogP contribution is 2.35. The van der Waals surface area contributed by atoms with E-state index in [1.165, 1.54) is 12.1 Å². The summed E-state index contributed by atoms with van der Waals surface area (Å²) < 4.78 is 23.6. The number of hydrogen-bond donors (Lipinski definition) is 2. The van der Waals surface area contributed by atoms with Crippen molar-refractivity contribution in [3.63, 3.8) is 0 Å². The van der Waals surface area contributed by atoms with Crippen LogP contribution in [0.4, 0.5) is 4.39 Å². The minimum Gasteiger partial charge on any atom is -0.493 e. The van der Waals surface area contributed by atoms with Crippen LogP contribution in [0.3, 0.4) is 0 Å². The Bertz CT molecular complexity index is 448. The summed E-state index contributed by atoms with van der Waals surface area (Å²) in [5, 5.41) is 17.4. The van der Waals surface area contributed by atoms with Crippen molar-refractivity contribution >= 4 is 5.90 Å². The zero-order valence-electron chi connectivity index (χ0n) is 9.50. The average Bonchev–Trinajstić information content (AvgIpc) is 2.75. The molecule has 5 heteroatoms. The van der Waals surface area contributed by atoms with Crippen LogP contribution in [0.15, 0.2) is 12.1 Å². The number of benzene rings is 1. The van der Waals surface area contributed by atoms with Gasteiger partial charge in [-0.25, -0.2) is 4.39 Å². The van der Waals surface area contributed by atoms with Gasteiger partial charge in [0, 0.05) is 17.5 Å². The summed E-state index contributed by atoms with van der Waals surface area (Å²) in [4.78, 5) is 0. The van der Waals surface area contributed by atoms with E-state index in [4.69, 9.17) is 14.9 Å². The van der Waals surface area contributed by atoms with Gasteiger partial charge in [-0.2, -0.15) is 0 Å². The first-order valence-corrected chi connectivity index (χ1v) is 5.48. The maximum atomic E-state index is 13.4. The fraction of sp³-hybridized carbons (Fsp3) is 0.417. The molecule has 0 radical (unpaired) electrons. The molecule has 0 spiro atoms. The number of aliphatic hydroxyl groups is 1. The van der Waals surface area contributed by atoms with Crippen LogP contribution in [-0.2, 0) is 11.2 Å². The maximum absolute atomic E-state index is 13.4. The topological polar surface area (TPSA) is 62.5 Å². The fourth-order valence-electron chi connectivity index (χ4n) is 1.88. The second-order valence-electron chi connectivity index (χ2n) is 3.78. The van der Waals surface area contributed by atoms with Gasteiger partial charge in [0.2, 0.25) is 5.90 Å². The molecule has 0 fully saturated rings. The highest BCUT2D eigenvalue weighted by molar-refractivity contribution is 5.80. The molecule has 0 bridgehead atoms. The zero-order valence-corrected chi connectivity index (χ0v) is 9.50. The van der Waals surface area contributed by atoms with E-state index in [0.717, 1.165) is 5.56 Å². The molecule has 1 aliphatic rings. The third-order valence-corrected chi connectivity index (χ3v) is 2.62. The third-order valence-electron chi connectivity index (χ3n) is 2.62. The highest BCUT2D eigenvalue weighted by atomic mass is 19.1. The Morgan fingerprint density at radius 2 is 2.41 bits per heavy atom. The van der Waals surface area contributed by atoms with Crippen LogP contribution in [0.25, 0.3) is 0 Å². The third kappa shape index (κ3) is 2.24. The number of aliphatic hydroxyl groups excluding tert-OH is 1. The zero-order chi connectivity index (χ0) is 12.4. The van der Waals surface area contributed by atoms with Gasteiger partial charge in [0.25, 0.3) is 0 Å². The van der Waals surface area contributed by atoms with E-state index in [2.05, 4.69) is 0 Å². The molecule has 2 rings (SSSR count). The molecule has 1 aliphatic heterocycles. The van der Waals surface area contributed by atoms with Crippen LogP contribution in [-0.4, -0.2) is 24.2 Å². The van der Waals surface area contributed by atoms with Gasteiger partial charge in [0.1, 0.15) is 11.6 Å². The number of ether oxygens (including phenoxy) is 2. The lowest BCUT2D eigenvalue weighted by Gasteiger charge is -2.15. The molecule has 0 saturated heterocycles. The van der Waals surface area contributed by atoms with Crippen LogP contribution in [0, 0.1) is 11.2 Å². The molecule has 92 valence electrons. The largest absolute Gasteiger partial charge is 0.493 e. The van der Waals surface area contributed by atoms with E-state index in [1.807, 2.05) is 0 Å². The van der Waals surface area contributed by atoms with Crippen molar-refractivity contribution in [3.8, 4) is 5.75 Å². The molecule has 0 aromatic heterocycles. The fourth-order valence-corrected chi connectivity index (χ4v) is 1.88. The molecule has 1 unspecified atom stereocenters. The minimum absolute atomic E-state index is 0.260. The summed E-state index contributed by atoms with van der Waals surface area (Å²) in [6.45, 7) is 2.47. The molecule has 1 aromatic carbocycles. The molecule has 0 amide bonds. The maximum Gasteiger partial charge on any atom is 0.215 e. The van der Waals surface area contributed by atoms with E-state index in [9.17, 15) is 9.50 Å². The summed E-state index contributed by atoms with van der Waals surface area (Å²) in [6, 6.07) is 2.57. The Labute approximate surface area is 98.5 Å². The first-order chi connectivity index (χ1) is 8.13. The molecule has 4 nitrogen and oxygen atoms in total. The lowest BCUT2D eigenvalue weighted by molar-refractivity contribution is 0.186. The quantitative estimate of drug-likeness (QED) is 0.624.